The predicted octanol–water partition coefficient (Wildman–Crippen LogP) is 3.81. The van der Waals surface area contributed by atoms with Gasteiger partial charge in [0.1, 0.15) is 5.01 Å². The lowest BCUT2D eigenvalue weighted by Crippen LogP contribution is -2.11. The molecular formula is C18H13N3O3S. The van der Waals surface area contributed by atoms with Crippen LogP contribution >= 0.6 is 11.3 Å². The van der Waals surface area contributed by atoms with Gasteiger partial charge in [0.05, 0.1) is 5.52 Å². The first-order chi connectivity index (χ1) is 12.1. The summed E-state index contributed by atoms with van der Waals surface area (Å²) in [4.78, 5) is 30.7. The lowest BCUT2D eigenvalue weighted by atomic mass is 10.1. The highest BCUT2D eigenvalue weighted by atomic mass is 32.1. The van der Waals surface area contributed by atoms with Crippen LogP contribution in [0.15, 0.2) is 57.1 Å². The largest absolute Gasteiger partial charge is 0.417 e. The summed E-state index contributed by atoms with van der Waals surface area (Å²) in [7, 11) is 0. The van der Waals surface area contributed by atoms with Crippen LogP contribution in [0.1, 0.15) is 16.1 Å². The Morgan fingerprint density at radius 1 is 1.24 bits per heavy atom. The zero-order chi connectivity index (χ0) is 17.4. The molecule has 0 radical (unpaired) electrons. The van der Waals surface area contributed by atoms with Gasteiger partial charge in [0, 0.05) is 27.9 Å². The van der Waals surface area contributed by atoms with E-state index >= 15 is 0 Å². The second kappa shape index (κ2) is 6.03. The van der Waals surface area contributed by atoms with E-state index in [9.17, 15) is 9.59 Å². The van der Waals surface area contributed by atoms with E-state index in [1.807, 2.05) is 30.5 Å². The maximum absolute atomic E-state index is 12.5. The lowest BCUT2D eigenvalue weighted by molar-refractivity contribution is 0.102. The summed E-state index contributed by atoms with van der Waals surface area (Å²) >= 11 is 1.54. The molecular weight excluding hydrogens is 338 g/mol. The number of anilines is 1. The summed E-state index contributed by atoms with van der Waals surface area (Å²) in [5, 5.41) is 5.68. The minimum absolute atomic E-state index is 0.236. The number of benzene rings is 2. The van der Waals surface area contributed by atoms with Crippen LogP contribution in [-0.2, 0) is 0 Å². The summed E-state index contributed by atoms with van der Waals surface area (Å²) in [6, 6.07) is 12.3. The van der Waals surface area contributed by atoms with Gasteiger partial charge in [-0.05, 0) is 37.3 Å². The molecule has 0 atom stereocenters. The average Bonchev–Trinajstić information content (AvgIpc) is 3.19. The van der Waals surface area contributed by atoms with Gasteiger partial charge >= 0.3 is 5.76 Å². The second-order valence-electron chi connectivity index (χ2n) is 5.55. The normalized spacial score (nSPS) is 10.9. The van der Waals surface area contributed by atoms with Crippen LogP contribution in [0.4, 0.5) is 5.69 Å². The molecule has 0 spiro atoms. The fourth-order valence-corrected chi connectivity index (χ4v) is 3.31. The van der Waals surface area contributed by atoms with Crippen molar-refractivity contribution in [2.24, 2.45) is 0 Å². The molecule has 0 unspecified atom stereocenters. The van der Waals surface area contributed by atoms with E-state index < -0.39 is 5.76 Å². The minimum atomic E-state index is -0.523. The van der Waals surface area contributed by atoms with Gasteiger partial charge in [-0.25, -0.2) is 9.78 Å². The number of carbonyl (C=O) groups is 1. The van der Waals surface area contributed by atoms with Crippen molar-refractivity contribution in [1.82, 2.24) is 9.97 Å². The maximum atomic E-state index is 12.5. The first-order valence-electron chi connectivity index (χ1n) is 7.55. The van der Waals surface area contributed by atoms with Crippen LogP contribution in [0, 0.1) is 6.92 Å². The zero-order valence-electron chi connectivity index (χ0n) is 13.2. The van der Waals surface area contributed by atoms with Gasteiger partial charge in [-0.2, -0.15) is 0 Å². The van der Waals surface area contributed by atoms with E-state index in [1.54, 1.807) is 35.6 Å². The number of aromatic nitrogens is 2. The third-order valence-corrected chi connectivity index (χ3v) is 4.68. The topological polar surface area (TPSA) is 88.0 Å². The number of thiazole rings is 1. The van der Waals surface area contributed by atoms with Gasteiger partial charge in [0.25, 0.3) is 5.91 Å². The Labute approximate surface area is 146 Å². The van der Waals surface area contributed by atoms with Gasteiger partial charge in [-0.3, -0.25) is 9.78 Å². The highest BCUT2D eigenvalue weighted by molar-refractivity contribution is 7.13. The molecule has 2 N–H and O–H groups in total. The Morgan fingerprint density at radius 3 is 2.92 bits per heavy atom. The Morgan fingerprint density at radius 2 is 2.12 bits per heavy atom. The number of H-pyrrole nitrogens is 1. The Hall–Kier alpha value is -3.19. The van der Waals surface area contributed by atoms with E-state index in [4.69, 9.17) is 4.42 Å². The van der Waals surface area contributed by atoms with E-state index in [1.165, 1.54) is 0 Å². The van der Waals surface area contributed by atoms with E-state index in [2.05, 4.69) is 15.3 Å². The summed E-state index contributed by atoms with van der Waals surface area (Å²) in [5.41, 5.74) is 3.95. The number of fused-ring (bicyclic) bond motifs is 1. The van der Waals surface area contributed by atoms with Crippen LogP contribution in [0.3, 0.4) is 0 Å². The standard InChI is InChI=1S/C18H13N3O3S/c1-10-9-25-17(19-10)12-4-2-3-11(7-12)16(22)20-13-5-6-15-14(8-13)21-18(23)24-15/h2-9H,1H3,(H,20,22)(H,21,23). The summed E-state index contributed by atoms with van der Waals surface area (Å²) < 4.78 is 4.95. The summed E-state index contributed by atoms with van der Waals surface area (Å²) in [5.74, 6) is -0.759. The molecule has 0 aliphatic heterocycles. The number of hydrogen-bond donors (Lipinski definition) is 2. The number of oxazole rings is 1. The molecule has 0 fully saturated rings. The van der Waals surface area contributed by atoms with Crippen molar-refractivity contribution in [3.8, 4) is 10.6 Å². The van der Waals surface area contributed by atoms with E-state index in [0.29, 0.717) is 22.4 Å². The number of aromatic amines is 1. The predicted molar refractivity (Wildman–Crippen MR) is 97.1 cm³/mol. The first kappa shape index (κ1) is 15.3. The Kier molecular flexibility index (Phi) is 3.70. The smallest absolute Gasteiger partial charge is 0.408 e. The Bertz CT molecular complexity index is 1140. The van der Waals surface area contributed by atoms with Gasteiger partial charge in [-0.15, -0.1) is 11.3 Å². The SMILES string of the molecule is Cc1csc(-c2cccc(C(=O)Nc3ccc4oc(=O)[nH]c4c3)c2)n1. The molecule has 1 amide bonds. The van der Waals surface area contributed by atoms with E-state index in [0.717, 1.165) is 16.3 Å². The molecule has 0 bridgehead atoms. The van der Waals surface area contributed by atoms with Crippen LogP contribution in [0.5, 0.6) is 0 Å². The van der Waals surface area contributed by atoms with Crippen molar-refractivity contribution in [2.75, 3.05) is 5.32 Å². The molecule has 0 aliphatic carbocycles. The molecule has 6 nitrogen and oxygen atoms in total. The van der Waals surface area contributed by atoms with Crippen LogP contribution in [-0.4, -0.2) is 15.9 Å². The minimum Gasteiger partial charge on any atom is -0.408 e. The van der Waals surface area contributed by atoms with Gasteiger partial charge in [0.2, 0.25) is 0 Å². The van der Waals surface area contributed by atoms with Crippen molar-refractivity contribution >= 4 is 34.0 Å². The van der Waals surface area contributed by atoms with Crippen molar-refractivity contribution in [3.63, 3.8) is 0 Å². The number of nitrogens with zero attached hydrogens (tertiary/aromatic N) is 1. The van der Waals surface area contributed by atoms with Crippen LogP contribution in [0.2, 0.25) is 0 Å². The van der Waals surface area contributed by atoms with E-state index in [-0.39, 0.29) is 5.91 Å². The van der Waals surface area contributed by atoms with Crippen molar-refractivity contribution in [1.29, 1.82) is 0 Å². The molecule has 0 aliphatic rings. The highest BCUT2D eigenvalue weighted by Gasteiger charge is 2.10. The maximum Gasteiger partial charge on any atom is 0.417 e. The number of nitrogens with one attached hydrogen (secondary N) is 2. The van der Waals surface area contributed by atoms with Crippen molar-refractivity contribution in [3.05, 3.63) is 69.7 Å². The van der Waals surface area contributed by atoms with Gasteiger partial charge < -0.3 is 9.73 Å². The van der Waals surface area contributed by atoms with Crippen LogP contribution < -0.4 is 11.1 Å². The Balaban J connectivity index is 1.60. The molecule has 0 saturated heterocycles. The molecule has 124 valence electrons. The number of aryl methyl sites for hydroxylation is 1. The highest BCUT2D eigenvalue weighted by Crippen LogP contribution is 2.25. The monoisotopic (exact) mass is 351 g/mol. The molecule has 25 heavy (non-hydrogen) atoms. The third-order valence-electron chi connectivity index (χ3n) is 3.67. The lowest BCUT2D eigenvalue weighted by Gasteiger charge is -2.06. The fourth-order valence-electron chi connectivity index (χ4n) is 2.51. The number of hydrogen-bond acceptors (Lipinski definition) is 5. The quantitative estimate of drug-likeness (QED) is 0.587. The average molecular weight is 351 g/mol. The third kappa shape index (κ3) is 3.09. The molecule has 0 saturated carbocycles. The first-order valence-corrected chi connectivity index (χ1v) is 8.43. The van der Waals surface area contributed by atoms with Crippen LogP contribution in [0.25, 0.3) is 21.7 Å². The zero-order valence-corrected chi connectivity index (χ0v) is 14.0. The molecule has 2 aromatic carbocycles. The summed E-state index contributed by atoms with van der Waals surface area (Å²) in [6.07, 6.45) is 0. The second-order valence-corrected chi connectivity index (χ2v) is 6.41. The van der Waals surface area contributed by atoms with Gasteiger partial charge in [-0.1, -0.05) is 12.1 Å². The number of carbonyl (C=O) groups excluding carboxylic acids is 1. The van der Waals surface area contributed by atoms with Crippen molar-refractivity contribution < 1.29 is 9.21 Å². The number of amides is 1. The van der Waals surface area contributed by atoms with Gasteiger partial charge in [0.15, 0.2) is 5.58 Å². The fraction of sp³-hybridized carbons (Fsp3) is 0.0556. The molecule has 2 heterocycles. The molecule has 4 aromatic rings. The molecule has 2 aromatic heterocycles. The van der Waals surface area contributed by atoms with Crippen molar-refractivity contribution in [2.45, 2.75) is 6.92 Å². The number of rotatable bonds is 3. The molecule has 7 heteroatoms. The molecule has 4 rings (SSSR count). The summed E-state index contributed by atoms with van der Waals surface area (Å²) in [6.45, 7) is 1.94.